The van der Waals surface area contributed by atoms with Gasteiger partial charge in [0.1, 0.15) is 18.1 Å². The predicted molar refractivity (Wildman–Crippen MR) is 49.0 cm³/mol. The Morgan fingerprint density at radius 1 is 1.64 bits per heavy atom. The summed E-state index contributed by atoms with van der Waals surface area (Å²) in [5, 5.41) is 8.72. The van der Waals surface area contributed by atoms with Crippen LogP contribution in [0.1, 0.15) is 19.5 Å². The Labute approximate surface area is 82.7 Å². The Kier molecular flexibility index (Phi) is 4.42. The SMILES string of the molecule is CCOCC(C)Oc1nc(CO)co1. The molecule has 0 aliphatic heterocycles. The van der Waals surface area contributed by atoms with Gasteiger partial charge in [0, 0.05) is 6.61 Å². The third-order valence-corrected chi connectivity index (χ3v) is 1.55. The van der Waals surface area contributed by atoms with Gasteiger partial charge in [0.15, 0.2) is 0 Å². The van der Waals surface area contributed by atoms with E-state index in [2.05, 4.69) is 4.98 Å². The Balaban J connectivity index is 2.35. The molecule has 14 heavy (non-hydrogen) atoms. The summed E-state index contributed by atoms with van der Waals surface area (Å²) in [5.41, 5.74) is 0.462. The lowest BCUT2D eigenvalue weighted by molar-refractivity contribution is 0.0494. The van der Waals surface area contributed by atoms with Gasteiger partial charge < -0.3 is 19.0 Å². The molecule has 80 valence electrons. The van der Waals surface area contributed by atoms with E-state index in [9.17, 15) is 0 Å². The first-order valence-corrected chi connectivity index (χ1v) is 4.56. The molecule has 0 amide bonds. The summed E-state index contributed by atoms with van der Waals surface area (Å²) in [4.78, 5) is 3.88. The monoisotopic (exact) mass is 201 g/mol. The average molecular weight is 201 g/mol. The molecule has 1 rings (SSSR count). The maximum Gasteiger partial charge on any atom is 0.394 e. The first kappa shape index (κ1) is 11.0. The van der Waals surface area contributed by atoms with Gasteiger partial charge in [-0.1, -0.05) is 0 Å². The maximum absolute atomic E-state index is 8.72. The molecule has 1 aromatic heterocycles. The molecule has 0 aromatic carbocycles. The van der Waals surface area contributed by atoms with Gasteiger partial charge >= 0.3 is 6.08 Å². The average Bonchev–Trinajstić information content (AvgIpc) is 2.62. The number of nitrogens with zero attached hydrogens (tertiary/aromatic N) is 1. The second kappa shape index (κ2) is 5.62. The van der Waals surface area contributed by atoms with E-state index in [4.69, 9.17) is 19.0 Å². The van der Waals surface area contributed by atoms with Gasteiger partial charge in [-0.3, -0.25) is 0 Å². The van der Waals surface area contributed by atoms with Crippen LogP contribution in [-0.4, -0.2) is 29.4 Å². The summed E-state index contributed by atoms with van der Waals surface area (Å²) in [5.74, 6) is 0. The molecule has 1 N–H and O–H groups in total. The minimum Gasteiger partial charge on any atom is -0.445 e. The highest BCUT2D eigenvalue weighted by atomic mass is 16.6. The Hall–Kier alpha value is -1.07. The van der Waals surface area contributed by atoms with E-state index >= 15 is 0 Å². The van der Waals surface area contributed by atoms with Crippen LogP contribution in [-0.2, 0) is 11.3 Å². The van der Waals surface area contributed by atoms with Crippen molar-refractivity contribution in [3.8, 4) is 6.08 Å². The first-order chi connectivity index (χ1) is 6.76. The van der Waals surface area contributed by atoms with Gasteiger partial charge in [0.05, 0.1) is 13.2 Å². The highest BCUT2D eigenvalue weighted by molar-refractivity contribution is 4.98. The summed E-state index contributed by atoms with van der Waals surface area (Å²) in [6.45, 7) is 4.78. The van der Waals surface area contributed by atoms with Gasteiger partial charge in [0.2, 0.25) is 0 Å². The Morgan fingerprint density at radius 2 is 2.43 bits per heavy atom. The van der Waals surface area contributed by atoms with Crippen LogP contribution in [0.2, 0.25) is 0 Å². The van der Waals surface area contributed by atoms with E-state index < -0.39 is 0 Å². The van der Waals surface area contributed by atoms with Crippen molar-refractivity contribution in [2.45, 2.75) is 26.6 Å². The molecule has 0 aliphatic rings. The lowest BCUT2D eigenvalue weighted by Gasteiger charge is -2.10. The van der Waals surface area contributed by atoms with Crippen molar-refractivity contribution in [2.24, 2.45) is 0 Å². The first-order valence-electron chi connectivity index (χ1n) is 4.56. The third kappa shape index (κ3) is 3.35. The summed E-state index contributed by atoms with van der Waals surface area (Å²) >= 11 is 0. The molecule has 1 unspecified atom stereocenters. The van der Waals surface area contributed by atoms with E-state index in [-0.39, 0.29) is 18.8 Å². The second-order valence-corrected chi connectivity index (χ2v) is 2.85. The number of aromatic nitrogens is 1. The van der Waals surface area contributed by atoms with E-state index in [1.807, 2.05) is 13.8 Å². The van der Waals surface area contributed by atoms with Crippen LogP contribution in [0.4, 0.5) is 0 Å². The molecule has 0 saturated heterocycles. The molecule has 0 radical (unpaired) electrons. The van der Waals surface area contributed by atoms with Crippen LogP contribution < -0.4 is 4.74 Å². The third-order valence-electron chi connectivity index (χ3n) is 1.55. The van der Waals surface area contributed by atoms with Crippen molar-refractivity contribution < 1.29 is 19.0 Å². The smallest absolute Gasteiger partial charge is 0.394 e. The van der Waals surface area contributed by atoms with Crippen molar-refractivity contribution in [1.82, 2.24) is 4.98 Å². The number of aliphatic hydroxyl groups is 1. The number of aliphatic hydroxyl groups excluding tert-OH is 1. The predicted octanol–water partition coefficient (Wildman–Crippen LogP) is 0.971. The van der Waals surface area contributed by atoms with Crippen LogP contribution in [0.5, 0.6) is 6.08 Å². The molecule has 0 saturated carbocycles. The highest BCUT2D eigenvalue weighted by Crippen LogP contribution is 2.11. The second-order valence-electron chi connectivity index (χ2n) is 2.85. The van der Waals surface area contributed by atoms with Gasteiger partial charge in [-0.25, -0.2) is 0 Å². The summed E-state index contributed by atoms with van der Waals surface area (Å²) in [6.07, 6.45) is 1.42. The van der Waals surface area contributed by atoms with Crippen molar-refractivity contribution in [2.75, 3.05) is 13.2 Å². The molecule has 0 fully saturated rings. The molecule has 5 heteroatoms. The van der Waals surface area contributed by atoms with Crippen LogP contribution >= 0.6 is 0 Å². The fourth-order valence-corrected chi connectivity index (χ4v) is 0.905. The molecule has 0 bridgehead atoms. The zero-order valence-electron chi connectivity index (χ0n) is 8.40. The van der Waals surface area contributed by atoms with E-state index in [0.29, 0.717) is 18.9 Å². The van der Waals surface area contributed by atoms with Crippen LogP contribution in [0, 0.1) is 0 Å². The van der Waals surface area contributed by atoms with Gasteiger partial charge in [-0.15, -0.1) is 0 Å². The summed E-state index contributed by atoms with van der Waals surface area (Å²) in [6, 6.07) is 0. The minimum atomic E-state index is -0.146. The number of hydrogen-bond donors (Lipinski definition) is 1. The lowest BCUT2D eigenvalue weighted by Crippen LogP contribution is -2.19. The van der Waals surface area contributed by atoms with Crippen LogP contribution in [0.25, 0.3) is 0 Å². The van der Waals surface area contributed by atoms with Crippen molar-refractivity contribution in [3.05, 3.63) is 12.0 Å². The number of rotatable bonds is 6. The van der Waals surface area contributed by atoms with Crippen LogP contribution in [0.15, 0.2) is 10.7 Å². The summed E-state index contributed by atoms with van der Waals surface area (Å²) < 4.78 is 15.4. The summed E-state index contributed by atoms with van der Waals surface area (Å²) in [7, 11) is 0. The normalized spacial score (nSPS) is 12.8. The number of ether oxygens (including phenoxy) is 2. The van der Waals surface area contributed by atoms with E-state index in [0.717, 1.165) is 0 Å². The zero-order chi connectivity index (χ0) is 10.4. The zero-order valence-corrected chi connectivity index (χ0v) is 8.40. The fourth-order valence-electron chi connectivity index (χ4n) is 0.905. The highest BCUT2D eigenvalue weighted by Gasteiger charge is 2.09. The molecule has 5 nitrogen and oxygen atoms in total. The van der Waals surface area contributed by atoms with Gasteiger partial charge in [-0.05, 0) is 13.8 Å². The quantitative estimate of drug-likeness (QED) is 0.743. The Bertz CT molecular complexity index is 261. The van der Waals surface area contributed by atoms with Crippen molar-refractivity contribution >= 4 is 0 Å². The fraction of sp³-hybridized carbons (Fsp3) is 0.667. The van der Waals surface area contributed by atoms with E-state index in [1.165, 1.54) is 6.26 Å². The molecule has 0 spiro atoms. The van der Waals surface area contributed by atoms with Crippen LogP contribution in [0.3, 0.4) is 0 Å². The molecule has 1 aromatic rings. The standard InChI is InChI=1S/C9H15NO4/c1-3-12-5-7(2)14-9-10-8(4-11)6-13-9/h6-7,11H,3-5H2,1-2H3. The van der Waals surface area contributed by atoms with Gasteiger partial charge in [-0.2, -0.15) is 4.98 Å². The van der Waals surface area contributed by atoms with E-state index in [1.54, 1.807) is 0 Å². The molecule has 0 aliphatic carbocycles. The number of hydrogen-bond acceptors (Lipinski definition) is 5. The topological polar surface area (TPSA) is 64.7 Å². The largest absolute Gasteiger partial charge is 0.445 e. The molecular weight excluding hydrogens is 186 g/mol. The molecule has 1 heterocycles. The molecule has 1 atom stereocenters. The Morgan fingerprint density at radius 3 is 3.00 bits per heavy atom. The van der Waals surface area contributed by atoms with Crippen molar-refractivity contribution in [1.29, 1.82) is 0 Å². The lowest BCUT2D eigenvalue weighted by atomic mass is 10.4. The van der Waals surface area contributed by atoms with Gasteiger partial charge in [0.25, 0.3) is 0 Å². The van der Waals surface area contributed by atoms with Crippen molar-refractivity contribution in [3.63, 3.8) is 0 Å². The number of oxazole rings is 1. The molecular formula is C9H15NO4. The minimum absolute atomic E-state index is 0.111. The maximum atomic E-state index is 8.72.